The van der Waals surface area contributed by atoms with Crippen LogP contribution in [0.2, 0.25) is 0 Å². The van der Waals surface area contributed by atoms with Crippen LogP contribution in [-0.4, -0.2) is 19.9 Å². The largest absolute Gasteiger partial charge is 0.455 e. The van der Waals surface area contributed by atoms with E-state index in [9.17, 15) is 0 Å². The van der Waals surface area contributed by atoms with Gasteiger partial charge in [0.25, 0.3) is 0 Å². The number of fused-ring (bicyclic) bond motifs is 6. The molecule has 45 heavy (non-hydrogen) atoms. The van der Waals surface area contributed by atoms with Crippen LogP contribution in [0.1, 0.15) is 0 Å². The van der Waals surface area contributed by atoms with Crippen LogP contribution in [0.3, 0.4) is 0 Å². The summed E-state index contributed by atoms with van der Waals surface area (Å²) < 4.78 is 6.54. The van der Waals surface area contributed by atoms with E-state index in [2.05, 4.69) is 59.6 Å². The molecule has 0 aliphatic rings. The molecule has 0 amide bonds. The highest BCUT2D eigenvalue weighted by Gasteiger charge is 2.20. The number of para-hydroxylation sites is 1. The van der Waals surface area contributed by atoms with Crippen molar-refractivity contribution in [3.8, 4) is 45.3 Å². The molecule has 0 saturated carbocycles. The smallest absolute Gasteiger partial charge is 0.167 e. The molecule has 0 spiro atoms. The van der Waals surface area contributed by atoms with Gasteiger partial charge in [0.15, 0.2) is 17.5 Å². The van der Waals surface area contributed by atoms with E-state index in [4.69, 9.17) is 19.4 Å². The Morgan fingerprint density at radius 1 is 0.422 bits per heavy atom. The molecule has 5 nitrogen and oxygen atoms in total. The molecule has 3 aromatic heterocycles. The third-order valence-corrected chi connectivity index (χ3v) is 8.39. The van der Waals surface area contributed by atoms with Crippen LogP contribution < -0.4 is 0 Å². The maximum atomic E-state index is 6.54. The number of hydrogen-bond acceptors (Lipinski definition) is 5. The SMILES string of the molecule is c1ccc(-c2nc(-c3ccccc3)nc(-c3cc(-c4ccc5ccc6cnccc6c5c4)cc4c3oc3ccccc34)n2)cc1. The van der Waals surface area contributed by atoms with Gasteiger partial charge >= 0.3 is 0 Å². The van der Waals surface area contributed by atoms with Crippen LogP contribution >= 0.6 is 0 Å². The highest BCUT2D eigenvalue weighted by molar-refractivity contribution is 6.12. The summed E-state index contributed by atoms with van der Waals surface area (Å²) in [5, 5.41) is 6.73. The molecule has 0 bridgehead atoms. The summed E-state index contributed by atoms with van der Waals surface area (Å²) in [4.78, 5) is 19.4. The maximum Gasteiger partial charge on any atom is 0.167 e. The molecule has 3 heterocycles. The van der Waals surface area contributed by atoms with E-state index in [0.717, 1.165) is 55.1 Å². The fourth-order valence-corrected chi connectivity index (χ4v) is 6.17. The lowest BCUT2D eigenvalue weighted by Crippen LogP contribution is -2.00. The summed E-state index contributed by atoms with van der Waals surface area (Å²) in [7, 11) is 0. The second-order valence-corrected chi connectivity index (χ2v) is 11.1. The quantitative estimate of drug-likeness (QED) is 0.195. The first-order chi connectivity index (χ1) is 22.3. The van der Waals surface area contributed by atoms with Crippen LogP contribution in [0, 0.1) is 0 Å². The summed E-state index contributed by atoms with van der Waals surface area (Å²) in [6.07, 6.45) is 3.77. The molecule has 5 heteroatoms. The Labute approximate surface area is 258 Å². The van der Waals surface area contributed by atoms with E-state index in [1.54, 1.807) is 0 Å². The van der Waals surface area contributed by atoms with E-state index in [0.29, 0.717) is 17.5 Å². The van der Waals surface area contributed by atoms with E-state index in [1.807, 2.05) is 91.3 Å². The molecule has 210 valence electrons. The molecule has 0 radical (unpaired) electrons. The van der Waals surface area contributed by atoms with Gasteiger partial charge in [0.05, 0.1) is 5.56 Å². The summed E-state index contributed by atoms with van der Waals surface area (Å²) in [6, 6.07) is 45.6. The predicted molar refractivity (Wildman–Crippen MR) is 182 cm³/mol. The topological polar surface area (TPSA) is 64.7 Å². The van der Waals surface area contributed by atoms with E-state index in [-0.39, 0.29) is 0 Å². The first-order valence-electron chi connectivity index (χ1n) is 14.9. The summed E-state index contributed by atoms with van der Waals surface area (Å²) in [6.45, 7) is 0. The number of pyridine rings is 1. The molecule has 9 rings (SSSR count). The molecule has 6 aromatic carbocycles. The minimum Gasteiger partial charge on any atom is -0.455 e. The molecule has 0 unspecified atom stereocenters. The number of rotatable bonds is 4. The van der Waals surface area contributed by atoms with Gasteiger partial charge in [0, 0.05) is 39.7 Å². The summed E-state index contributed by atoms with van der Waals surface area (Å²) in [5.41, 5.74) is 6.39. The minimum absolute atomic E-state index is 0.561. The standard InChI is InChI=1S/C40H24N4O/c1-3-9-26(10-4-1)38-42-39(27-11-5-2-6-12-27)44-40(43-38)35-23-30(22-34-32-13-7-8-14-36(32)45-37(34)35)28-17-15-25-16-18-29-24-41-20-19-31(29)33(25)21-28/h1-24H. The molecular formula is C40H24N4O. The van der Waals surface area contributed by atoms with Gasteiger partial charge in [-0.15, -0.1) is 0 Å². The average Bonchev–Trinajstić information content (AvgIpc) is 3.50. The zero-order chi connectivity index (χ0) is 29.7. The van der Waals surface area contributed by atoms with Crippen molar-refractivity contribution >= 4 is 43.5 Å². The lowest BCUT2D eigenvalue weighted by molar-refractivity contribution is 0.669. The average molecular weight is 577 g/mol. The van der Waals surface area contributed by atoms with E-state index >= 15 is 0 Å². The Hall–Kier alpha value is -6.20. The van der Waals surface area contributed by atoms with Crippen LogP contribution in [0.4, 0.5) is 0 Å². The lowest BCUT2D eigenvalue weighted by atomic mass is 9.95. The van der Waals surface area contributed by atoms with Gasteiger partial charge < -0.3 is 4.42 Å². The Morgan fingerprint density at radius 2 is 1.07 bits per heavy atom. The van der Waals surface area contributed by atoms with Gasteiger partial charge in [0.2, 0.25) is 0 Å². The van der Waals surface area contributed by atoms with Crippen molar-refractivity contribution in [2.45, 2.75) is 0 Å². The predicted octanol–water partition coefficient (Wildman–Crippen LogP) is 10.1. The first-order valence-corrected chi connectivity index (χ1v) is 14.9. The number of nitrogens with zero attached hydrogens (tertiary/aromatic N) is 4. The molecule has 0 aliphatic heterocycles. The molecule has 0 N–H and O–H groups in total. The Balaban J connectivity index is 1.34. The third kappa shape index (κ3) is 4.33. The summed E-state index contributed by atoms with van der Waals surface area (Å²) in [5.74, 6) is 1.78. The van der Waals surface area contributed by atoms with Crippen molar-refractivity contribution in [1.82, 2.24) is 19.9 Å². The van der Waals surface area contributed by atoms with Gasteiger partial charge in [-0.2, -0.15) is 0 Å². The molecular weight excluding hydrogens is 552 g/mol. The van der Waals surface area contributed by atoms with Crippen LogP contribution in [0.25, 0.3) is 88.8 Å². The van der Waals surface area contributed by atoms with E-state index in [1.165, 1.54) is 16.2 Å². The van der Waals surface area contributed by atoms with Gasteiger partial charge in [-0.25, -0.2) is 15.0 Å². The molecule has 0 aliphatic carbocycles. The molecule has 0 saturated heterocycles. The Morgan fingerprint density at radius 3 is 1.84 bits per heavy atom. The number of furan rings is 1. The maximum absolute atomic E-state index is 6.54. The third-order valence-electron chi connectivity index (χ3n) is 8.39. The zero-order valence-electron chi connectivity index (χ0n) is 24.1. The van der Waals surface area contributed by atoms with Gasteiger partial charge in [-0.1, -0.05) is 103 Å². The normalized spacial score (nSPS) is 11.6. The van der Waals surface area contributed by atoms with Gasteiger partial charge in [0.1, 0.15) is 11.2 Å². The van der Waals surface area contributed by atoms with Crippen LogP contribution in [0.15, 0.2) is 150 Å². The lowest BCUT2D eigenvalue weighted by Gasteiger charge is -2.11. The fraction of sp³-hybridized carbons (Fsp3) is 0. The number of benzene rings is 6. The van der Waals surface area contributed by atoms with Gasteiger partial charge in [-0.3, -0.25) is 4.98 Å². The zero-order valence-corrected chi connectivity index (χ0v) is 24.1. The van der Waals surface area contributed by atoms with Crippen molar-refractivity contribution < 1.29 is 4.42 Å². The van der Waals surface area contributed by atoms with Crippen molar-refractivity contribution in [3.63, 3.8) is 0 Å². The van der Waals surface area contributed by atoms with Crippen molar-refractivity contribution in [3.05, 3.63) is 146 Å². The van der Waals surface area contributed by atoms with Crippen LogP contribution in [-0.2, 0) is 0 Å². The second kappa shape index (κ2) is 10.2. The summed E-state index contributed by atoms with van der Waals surface area (Å²) >= 11 is 0. The highest BCUT2D eigenvalue weighted by atomic mass is 16.3. The van der Waals surface area contributed by atoms with Crippen molar-refractivity contribution in [2.75, 3.05) is 0 Å². The van der Waals surface area contributed by atoms with Crippen LogP contribution in [0.5, 0.6) is 0 Å². The fourth-order valence-electron chi connectivity index (χ4n) is 6.17. The Kier molecular flexibility index (Phi) is 5.74. The van der Waals surface area contributed by atoms with E-state index < -0.39 is 0 Å². The number of aromatic nitrogens is 4. The first kappa shape index (κ1) is 25.3. The van der Waals surface area contributed by atoms with Crippen molar-refractivity contribution in [2.24, 2.45) is 0 Å². The minimum atomic E-state index is 0.561. The molecule has 0 fully saturated rings. The number of hydrogen-bond donors (Lipinski definition) is 0. The molecule has 0 atom stereocenters. The second-order valence-electron chi connectivity index (χ2n) is 11.1. The van der Waals surface area contributed by atoms with Gasteiger partial charge in [-0.05, 0) is 57.6 Å². The van der Waals surface area contributed by atoms with Crippen molar-refractivity contribution in [1.29, 1.82) is 0 Å². The monoisotopic (exact) mass is 576 g/mol. The highest BCUT2D eigenvalue weighted by Crippen LogP contribution is 2.40. The Bertz CT molecular complexity index is 2480. The molecule has 9 aromatic rings.